The molecule has 3 aromatic carbocycles. The number of aryl methyl sites for hydroxylation is 1. The Morgan fingerprint density at radius 2 is 1.52 bits per heavy atom. The van der Waals surface area contributed by atoms with Gasteiger partial charge in [-0.1, -0.05) is 48.0 Å². The van der Waals surface area contributed by atoms with Crippen molar-refractivity contribution in [1.29, 1.82) is 0 Å². The molecule has 7 heteroatoms. The molecule has 0 N–H and O–H groups in total. The molecule has 0 aliphatic carbocycles. The van der Waals surface area contributed by atoms with E-state index >= 15 is 0 Å². The van der Waals surface area contributed by atoms with E-state index in [1.54, 1.807) is 42.5 Å². The largest absolute Gasteiger partial charge is 0.294 e. The first-order chi connectivity index (χ1) is 13.8. The fourth-order valence-corrected chi connectivity index (χ4v) is 4.75. The van der Waals surface area contributed by atoms with E-state index in [0.717, 1.165) is 5.56 Å². The standard InChI is InChI=1S/C22H19NO5S/c1-16-7-13-20(14-8-16)29(27,28)22(18-5-3-2-4-6-18)15-21(24)17-9-11-19(12-10-17)23(25)26/h2-14,22H,15H2,1H3/t22-/m0/s1. The first-order valence-corrected chi connectivity index (χ1v) is 10.5. The number of sulfone groups is 1. The predicted molar refractivity (Wildman–Crippen MR) is 110 cm³/mol. The molecular formula is C22H19NO5S. The highest BCUT2D eigenvalue weighted by atomic mass is 32.2. The second-order valence-corrected chi connectivity index (χ2v) is 8.82. The number of non-ortho nitro benzene ring substituents is 1. The Bertz CT molecular complexity index is 1120. The maximum Gasteiger partial charge on any atom is 0.269 e. The molecule has 29 heavy (non-hydrogen) atoms. The van der Waals surface area contributed by atoms with E-state index in [-0.39, 0.29) is 22.6 Å². The molecule has 148 valence electrons. The molecule has 0 aliphatic rings. The highest BCUT2D eigenvalue weighted by molar-refractivity contribution is 7.91. The third kappa shape index (κ3) is 4.57. The van der Waals surface area contributed by atoms with Crippen LogP contribution in [0.3, 0.4) is 0 Å². The van der Waals surface area contributed by atoms with Crippen LogP contribution in [-0.4, -0.2) is 19.1 Å². The van der Waals surface area contributed by atoms with Crippen molar-refractivity contribution in [3.8, 4) is 0 Å². The molecule has 0 unspecified atom stereocenters. The Balaban J connectivity index is 1.97. The fraction of sp³-hybridized carbons (Fsp3) is 0.136. The molecule has 1 atom stereocenters. The van der Waals surface area contributed by atoms with E-state index in [4.69, 9.17) is 0 Å². The Labute approximate surface area is 168 Å². The summed E-state index contributed by atoms with van der Waals surface area (Å²) in [6, 6.07) is 20.3. The van der Waals surface area contributed by atoms with Crippen LogP contribution in [-0.2, 0) is 9.84 Å². The summed E-state index contributed by atoms with van der Waals surface area (Å²) in [5.41, 5.74) is 1.55. The zero-order valence-electron chi connectivity index (χ0n) is 15.7. The van der Waals surface area contributed by atoms with Crippen LogP contribution in [0.5, 0.6) is 0 Å². The van der Waals surface area contributed by atoms with Crippen LogP contribution in [0.2, 0.25) is 0 Å². The summed E-state index contributed by atoms with van der Waals surface area (Å²) in [6.07, 6.45) is -0.266. The average molecular weight is 409 g/mol. The van der Waals surface area contributed by atoms with Gasteiger partial charge in [0.1, 0.15) is 0 Å². The van der Waals surface area contributed by atoms with E-state index < -0.39 is 25.8 Å². The van der Waals surface area contributed by atoms with Crippen molar-refractivity contribution < 1.29 is 18.1 Å². The monoisotopic (exact) mass is 409 g/mol. The maximum atomic E-state index is 13.3. The van der Waals surface area contributed by atoms with Crippen LogP contribution in [0.4, 0.5) is 5.69 Å². The number of rotatable bonds is 7. The highest BCUT2D eigenvalue weighted by Gasteiger charge is 2.31. The molecule has 0 saturated heterocycles. The van der Waals surface area contributed by atoms with E-state index in [9.17, 15) is 23.3 Å². The third-order valence-corrected chi connectivity index (χ3v) is 6.78. The maximum absolute atomic E-state index is 13.3. The van der Waals surface area contributed by atoms with Crippen molar-refractivity contribution in [2.75, 3.05) is 0 Å². The minimum Gasteiger partial charge on any atom is -0.294 e. The van der Waals surface area contributed by atoms with Crippen molar-refractivity contribution in [3.63, 3.8) is 0 Å². The van der Waals surface area contributed by atoms with Gasteiger partial charge in [-0.05, 0) is 36.8 Å². The first kappa shape index (κ1) is 20.4. The van der Waals surface area contributed by atoms with Gasteiger partial charge in [0.2, 0.25) is 0 Å². The predicted octanol–water partition coefficient (Wildman–Crippen LogP) is 4.69. The summed E-state index contributed by atoms with van der Waals surface area (Å²) in [6.45, 7) is 1.86. The number of nitro groups is 1. The quantitative estimate of drug-likeness (QED) is 0.320. The summed E-state index contributed by atoms with van der Waals surface area (Å²) in [4.78, 5) is 23.2. The summed E-state index contributed by atoms with van der Waals surface area (Å²) in [5, 5.41) is 9.74. The van der Waals surface area contributed by atoms with Gasteiger partial charge in [-0.3, -0.25) is 14.9 Å². The topological polar surface area (TPSA) is 94.3 Å². The van der Waals surface area contributed by atoms with E-state index in [1.807, 2.05) is 6.92 Å². The molecular weight excluding hydrogens is 390 g/mol. The molecule has 6 nitrogen and oxygen atoms in total. The zero-order valence-corrected chi connectivity index (χ0v) is 16.5. The number of nitro benzene ring substituents is 1. The molecule has 0 saturated carbocycles. The van der Waals surface area contributed by atoms with E-state index in [0.29, 0.717) is 5.56 Å². The molecule has 0 bridgehead atoms. The van der Waals surface area contributed by atoms with Crippen molar-refractivity contribution in [3.05, 3.63) is 106 Å². The average Bonchev–Trinajstić information content (AvgIpc) is 2.72. The highest BCUT2D eigenvalue weighted by Crippen LogP contribution is 2.33. The van der Waals surface area contributed by atoms with Crippen LogP contribution < -0.4 is 0 Å². The van der Waals surface area contributed by atoms with Gasteiger partial charge in [-0.15, -0.1) is 0 Å². The van der Waals surface area contributed by atoms with Gasteiger partial charge >= 0.3 is 0 Å². The van der Waals surface area contributed by atoms with Crippen LogP contribution in [0.1, 0.15) is 33.2 Å². The first-order valence-electron chi connectivity index (χ1n) is 8.92. The molecule has 0 amide bonds. The van der Waals surface area contributed by atoms with Crippen LogP contribution >= 0.6 is 0 Å². The molecule has 0 heterocycles. The molecule has 0 spiro atoms. The number of hydrogen-bond acceptors (Lipinski definition) is 5. The van der Waals surface area contributed by atoms with Crippen LogP contribution in [0.25, 0.3) is 0 Å². The normalized spacial score (nSPS) is 12.3. The second kappa shape index (κ2) is 8.36. The van der Waals surface area contributed by atoms with Crippen LogP contribution in [0, 0.1) is 17.0 Å². The number of carbonyl (C=O) groups is 1. The lowest BCUT2D eigenvalue weighted by Crippen LogP contribution is -2.18. The third-order valence-electron chi connectivity index (χ3n) is 4.67. The Morgan fingerprint density at radius 1 is 0.931 bits per heavy atom. The van der Waals surface area contributed by atoms with Gasteiger partial charge in [0.25, 0.3) is 5.69 Å². The molecule has 0 fully saturated rings. The van der Waals surface area contributed by atoms with Gasteiger partial charge in [-0.25, -0.2) is 8.42 Å². The minimum absolute atomic E-state index is 0.131. The number of hydrogen-bond donors (Lipinski definition) is 0. The smallest absolute Gasteiger partial charge is 0.269 e. The zero-order chi connectivity index (χ0) is 21.0. The molecule has 0 radical (unpaired) electrons. The fourth-order valence-electron chi connectivity index (χ4n) is 3.02. The van der Waals surface area contributed by atoms with E-state index in [1.165, 1.54) is 36.4 Å². The SMILES string of the molecule is Cc1ccc(S(=O)(=O)[C@@H](CC(=O)c2ccc([N+](=O)[O-])cc2)c2ccccc2)cc1. The van der Waals surface area contributed by atoms with Crippen molar-refractivity contribution in [2.24, 2.45) is 0 Å². The second-order valence-electron chi connectivity index (χ2n) is 6.69. The molecule has 3 rings (SSSR count). The number of carbonyl (C=O) groups excluding carboxylic acids is 1. The van der Waals surface area contributed by atoms with Crippen molar-refractivity contribution >= 4 is 21.3 Å². The van der Waals surface area contributed by atoms with Crippen molar-refractivity contribution in [2.45, 2.75) is 23.5 Å². The number of nitrogens with zero attached hydrogens (tertiary/aromatic N) is 1. The van der Waals surface area contributed by atoms with Gasteiger partial charge in [0.05, 0.1) is 15.1 Å². The Hall–Kier alpha value is -3.32. The molecule has 0 aromatic heterocycles. The van der Waals surface area contributed by atoms with Crippen LogP contribution in [0.15, 0.2) is 83.8 Å². The van der Waals surface area contributed by atoms with Gasteiger partial charge in [-0.2, -0.15) is 0 Å². The number of benzene rings is 3. The minimum atomic E-state index is -3.82. The lowest BCUT2D eigenvalue weighted by atomic mass is 10.0. The summed E-state index contributed by atoms with van der Waals surface area (Å²) in [5.74, 6) is -0.399. The summed E-state index contributed by atoms with van der Waals surface area (Å²) >= 11 is 0. The molecule has 0 aliphatic heterocycles. The Morgan fingerprint density at radius 3 is 2.07 bits per heavy atom. The lowest BCUT2D eigenvalue weighted by molar-refractivity contribution is -0.384. The number of Topliss-reactive ketones (excluding diaryl/α,β-unsaturated/α-hetero) is 1. The lowest BCUT2D eigenvalue weighted by Gasteiger charge is -2.18. The van der Waals surface area contributed by atoms with E-state index in [2.05, 4.69) is 0 Å². The molecule has 3 aromatic rings. The number of ketones is 1. The van der Waals surface area contributed by atoms with Crippen molar-refractivity contribution in [1.82, 2.24) is 0 Å². The van der Waals surface area contributed by atoms with Gasteiger partial charge < -0.3 is 0 Å². The summed E-state index contributed by atoms with van der Waals surface area (Å²) < 4.78 is 26.6. The summed E-state index contributed by atoms with van der Waals surface area (Å²) in [7, 11) is -3.82. The van der Waals surface area contributed by atoms with Gasteiger partial charge in [0.15, 0.2) is 15.6 Å². The Kier molecular flexibility index (Phi) is 5.89. The van der Waals surface area contributed by atoms with Gasteiger partial charge in [0, 0.05) is 24.1 Å².